The molecule has 0 saturated carbocycles. The van der Waals surface area contributed by atoms with Crippen LogP contribution >= 0.6 is 11.3 Å². The van der Waals surface area contributed by atoms with Crippen LogP contribution in [0.25, 0.3) is 0 Å². The van der Waals surface area contributed by atoms with Gasteiger partial charge in [-0.3, -0.25) is 4.79 Å². The highest BCUT2D eigenvalue weighted by Crippen LogP contribution is 2.29. The third-order valence-corrected chi connectivity index (χ3v) is 6.09. The van der Waals surface area contributed by atoms with E-state index in [1.54, 1.807) is 23.5 Å². The van der Waals surface area contributed by atoms with Gasteiger partial charge in [0.05, 0.1) is 9.77 Å². The molecule has 122 valence electrons. The molecule has 23 heavy (non-hydrogen) atoms. The number of carbonyl (C=O) groups is 1. The minimum Gasteiger partial charge on any atom is -0.347 e. The first-order valence-electron chi connectivity index (χ1n) is 7.45. The molecule has 2 aromatic rings. The van der Waals surface area contributed by atoms with Crippen molar-refractivity contribution in [1.29, 1.82) is 0 Å². The van der Waals surface area contributed by atoms with E-state index < -0.39 is 10.0 Å². The van der Waals surface area contributed by atoms with Crippen molar-refractivity contribution in [3.05, 3.63) is 51.2 Å². The third-order valence-electron chi connectivity index (χ3n) is 3.93. The quantitative estimate of drug-likeness (QED) is 0.886. The van der Waals surface area contributed by atoms with Crippen LogP contribution in [-0.2, 0) is 29.4 Å². The van der Waals surface area contributed by atoms with Crippen LogP contribution in [0.1, 0.15) is 38.5 Å². The molecule has 0 saturated heterocycles. The minimum absolute atomic E-state index is 0.0681. The van der Waals surface area contributed by atoms with E-state index in [2.05, 4.69) is 5.32 Å². The molecule has 0 bridgehead atoms. The van der Waals surface area contributed by atoms with E-state index in [4.69, 9.17) is 5.14 Å². The summed E-state index contributed by atoms with van der Waals surface area (Å²) in [7, 11) is -3.68. The van der Waals surface area contributed by atoms with E-state index in [-0.39, 0.29) is 10.8 Å². The zero-order valence-corrected chi connectivity index (χ0v) is 14.2. The molecule has 1 aromatic heterocycles. The van der Waals surface area contributed by atoms with Crippen LogP contribution in [0.4, 0.5) is 0 Å². The summed E-state index contributed by atoms with van der Waals surface area (Å²) in [5, 5.41) is 7.93. The first-order valence-corrected chi connectivity index (χ1v) is 9.81. The molecule has 3 N–H and O–H groups in total. The lowest BCUT2D eigenvalue weighted by Crippen LogP contribution is -2.21. The first kappa shape index (κ1) is 16.2. The molecule has 0 radical (unpaired) electrons. The molecule has 0 unspecified atom stereocenters. The molecule has 0 aliphatic heterocycles. The number of carbonyl (C=O) groups excluding carboxylic acids is 1. The maximum absolute atomic E-state index is 12.2. The van der Waals surface area contributed by atoms with Gasteiger partial charge < -0.3 is 5.32 Å². The molecule has 1 aliphatic rings. The number of fused-ring (bicyclic) bond motifs is 1. The normalized spacial score (nSPS) is 14.3. The molecular weight excluding hydrogens is 332 g/mol. The monoisotopic (exact) mass is 350 g/mol. The number of thiophene rings is 1. The van der Waals surface area contributed by atoms with Crippen molar-refractivity contribution in [2.75, 3.05) is 0 Å². The number of nitrogens with one attached hydrogen (secondary N) is 1. The van der Waals surface area contributed by atoms with Crippen LogP contribution < -0.4 is 10.5 Å². The van der Waals surface area contributed by atoms with Crippen molar-refractivity contribution in [3.8, 4) is 0 Å². The summed E-state index contributed by atoms with van der Waals surface area (Å²) < 4.78 is 22.4. The van der Waals surface area contributed by atoms with Crippen LogP contribution in [0.15, 0.2) is 35.2 Å². The maximum atomic E-state index is 12.2. The predicted octanol–water partition coefficient (Wildman–Crippen LogP) is 2.20. The molecule has 1 aromatic carbocycles. The van der Waals surface area contributed by atoms with Crippen LogP contribution in [-0.4, -0.2) is 14.3 Å². The molecule has 0 fully saturated rings. The SMILES string of the molecule is NS(=O)(=O)c1ccc(CNC(=O)c2cc3c(s2)CCCC3)cc1. The van der Waals surface area contributed by atoms with Crippen molar-refractivity contribution in [1.82, 2.24) is 5.32 Å². The van der Waals surface area contributed by atoms with E-state index in [0.29, 0.717) is 6.54 Å². The van der Waals surface area contributed by atoms with Crippen LogP contribution in [0.3, 0.4) is 0 Å². The van der Waals surface area contributed by atoms with Gasteiger partial charge in [0.15, 0.2) is 0 Å². The van der Waals surface area contributed by atoms with E-state index in [1.807, 2.05) is 6.07 Å². The van der Waals surface area contributed by atoms with Crippen molar-refractivity contribution < 1.29 is 13.2 Å². The second-order valence-electron chi connectivity index (χ2n) is 5.64. The Morgan fingerprint density at radius 1 is 1.17 bits per heavy atom. The summed E-state index contributed by atoms with van der Waals surface area (Å²) in [6, 6.07) is 8.19. The molecule has 0 atom stereocenters. The van der Waals surface area contributed by atoms with Gasteiger partial charge in [-0.15, -0.1) is 11.3 Å². The average molecular weight is 350 g/mol. The highest BCUT2D eigenvalue weighted by atomic mass is 32.2. The van der Waals surface area contributed by atoms with Crippen LogP contribution in [0.2, 0.25) is 0 Å². The van der Waals surface area contributed by atoms with Crippen LogP contribution in [0.5, 0.6) is 0 Å². The highest BCUT2D eigenvalue weighted by molar-refractivity contribution is 7.89. The number of rotatable bonds is 4. The summed E-state index contributed by atoms with van der Waals surface area (Å²) >= 11 is 1.58. The number of hydrogen-bond donors (Lipinski definition) is 2. The molecule has 3 rings (SSSR count). The lowest BCUT2D eigenvalue weighted by atomic mass is 9.99. The molecule has 0 spiro atoms. The Kier molecular flexibility index (Phi) is 4.52. The van der Waals surface area contributed by atoms with Gasteiger partial charge in [0.1, 0.15) is 0 Å². The number of nitrogens with two attached hydrogens (primary N) is 1. The lowest BCUT2D eigenvalue weighted by Gasteiger charge is -2.08. The third kappa shape index (κ3) is 3.80. The molecular formula is C16H18N2O3S2. The average Bonchev–Trinajstić information content (AvgIpc) is 2.96. The van der Waals surface area contributed by atoms with E-state index >= 15 is 0 Å². The minimum atomic E-state index is -3.68. The Labute approximate surface area is 139 Å². The number of amides is 1. The van der Waals surface area contributed by atoms with Gasteiger partial charge in [-0.05, 0) is 55.0 Å². The van der Waals surface area contributed by atoms with Gasteiger partial charge >= 0.3 is 0 Å². The number of sulfonamides is 1. The topological polar surface area (TPSA) is 89.3 Å². The van der Waals surface area contributed by atoms with Crippen molar-refractivity contribution in [2.24, 2.45) is 5.14 Å². The second-order valence-corrected chi connectivity index (χ2v) is 8.34. The zero-order valence-electron chi connectivity index (χ0n) is 12.5. The smallest absolute Gasteiger partial charge is 0.261 e. The lowest BCUT2D eigenvalue weighted by molar-refractivity contribution is 0.0955. The van der Waals surface area contributed by atoms with E-state index in [0.717, 1.165) is 23.3 Å². The number of benzene rings is 1. The van der Waals surface area contributed by atoms with Gasteiger partial charge in [0, 0.05) is 11.4 Å². The fourth-order valence-corrected chi connectivity index (χ4v) is 4.35. The van der Waals surface area contributed by atoms with Gasteiger partial charge in [-0.2, -0.15) is 0 Å². The Bertz CT molecular complexity index is 800. The second kappa shape index (κ2) is 6.43. The number of aryl methyl sites for hydroxylation is 2. The van der Waals surface area contributed by atoms with E-state index in [1.165, 1.54) is 35.4 Å². The molecule has 1 aliphatic carbocycles. The highest BCUT2D eigenvalue weighted by Gasteiger charge is 2.17. The van der Waals surface area contributed by atoms with Crippen molar-refractivity contribution >= 4 is 27.3 Å². The van der Waals surface area contributed by atoms with Gasteiger partial charge in [0.2, 0.25) is 10.0 Å². The Hall–Kier alpha value is -1.70. The van der Waals surface area contributed by atoms with Crippen LogP contribution in [0, 0.1) is 0 Å². The fraction of sp³-hybridized carbons (Fsp3) is 0.312. The van der Waals surface area contributed by atoms with Gasteiger partial charge in [-0.1, -0.05) is 12.1 Å². The Morgan fingerprint density at radius 3 is 2.52 bits per heavy atom. The summed E-state index contributed by atoms with van der Waals surface area (Å²) in [5.41, 5.74) is 2.14. The van der Waals surface area contributed by atoms with Gasteiger partial charge in [0.25, 0.3) is 5.91 Å². The Morgan fingerprint density at radius 2 is 1.87 bits per heavy atom. The molecule has 7 heteroatoms. The molecule has 1 heterocycles. The van der Waals surface area contributed by atoms with Gasteiger partial charge in [-0.25, -0.2) is 13.6 Å². The standard InChI is InChI=1S/C16H18N2O3S2/c17-23(20,21)13-7-5-11(6-8-13)10-18-16(19)15-9-12-3-1-2-4-14(12)22-15/h5-9H,1-4,10H2,(H,18,19)(H2,17,20,21). The first-order chi connectivity index (χ1) is 10.9. The maximum Gasteiger partial charge on any atom is 0.261 e. The molecule has 1 amide bonds. The molecule has 5 nitrogen and oxygen atoms in total. The van der Waals surface area contributed by atoms with Crippen molar-refractivity contribution in [3.63, 3.8) is 0 Å². The number of hydrogen-bond acceptors (Lipinski definition) is 4. The predicted molar refractivity (Wildman–Crippen MR) is 89.9 cm³/mol. The summed E-state index contributed by atoms with van der Waals surface area (Å²) in [4.78, 5) is 14.4. The summed E-state index contributed by atoms with van der Waals surface area (Å²) in [6.45, 7) is 0.353. The van der Waals surface area contributed by atoms with E-state index in [9.17, 15) is 13.2 Å². The fourth-order valence-electron chi connectivity index (χ4n) is 2.67. The summed E-state index contributed by atoms with van der Waals surface area (Å²) in [5.74, 6) is -0.0834. The number of primary sulfonamides is 1. The largest absolute Gasteiger partial charge is 0.347 e. The summed E-state index contributed by atoms with van der Waals surface area (Å²) in [6.07, 6.45) is 4.53. The Balaban J connectivity index is 1.63. The zero-order chi connectivity index (χ0) is 16.4. The van der Waals surface area contributed by atoms with Crippen molar-refractivity contribution in [2.45, 2.75) is 37.1 Å².